The molecule has 4 aliphatic heterocycles. The lowest BCUT2D eigenvalue weighted by Gasteiger charge is -2.52. The van der Waals surface area contributed by atoms with Crippen LogP contribution in [0.3, 0.4) is 0 Å². The van der Waals surface area contributed by atoms with Crippen molar-refractivity contribution < 1.29 is 66.5 Å². The second kappa shape index (κ2) is 16.7. The Morgan fingerprint density at radius 3 is 2.24 bits per heavy atom. The standard InChI is InChI=1S/C37H44Cl3NO14/c1-18(42)11-14-23(43)50-27-28-30(55-36(4,5)54-28)33(52-29(27)31(44)46-6)51-26-24(41-34(45)37(38,39)40)32(49-22-17-48-35(2,3)53-25(22)26)47-16-19-12-13-20-9-7-8-10-21(20)15-19/h7-10,12-13,15,22,24-30,32-33H,11,14,16-17H2,1-6H3,(H,41,45)/t22-,24-,25-,26-,27+,28+,29+,30-,32-,33-/m1/s1. The van der Waals surface area contributed by atoms with E-state index in [0.29, 0.717) is 0 Å². The van der Waals surface area contributed by atoms with E-state index in [4.69, 9.17) is 82.2 Å². The van der Waals surface area contributed by atoms with Crippen molar-refractivity contribution in [3.8, 4) is 0 Å². The third-order valence-corrected chi connectivity index (χ3v) is 9.97. The Balaban J connectivity index is 1.35. The van der Waals surface area contributed by atoms with Crippen molar-refractivity contribution in [2.45, 2.75) is 131 Å². The van der Waals surface area contributed by atoms with Gasteiger partial charge < -0.3 is 57.5 Å². The van der Waals surface area contributed by atoms with Crippen molar-refractivity contribution in [3.63, 3.8) is 0 Å². The molecule has 4 fully saturated rings. The largest absolute Gasteiger partial charge is 0.467 e. The minimum atomic E-state index is -2.41. The summed E-state index contributed by atoms with van der Waals surface area (Å²) in [5.74, 6) is -5.34. The number of hydrogen-bond acceptors (Lipinski definition) is 14. The lowest BCUT2D eigenvalue weighted by molar-refractivity contribution is -0.390. The molecule has 0 aromatic heterocycles. The summed E-state index contributed by atoms with van der Waals surface area (Å²) in [4.78, 5) is 51.1. The molecule has 15 nitrogen and oxygen atoms in total. The van der Waals surface area contributed by atoms with Gasteiger partial charge in [0.2, 0.25) is 0 Å². The van der Waals surface area contributed by atoms with Crippen LogP contribution in [0.15, 0.2) is 42.5 Å². The number of carbonyl (C=O) groups is 4. The average molecular weight is 833 g/mol. The first-order valence-electron chi connectivity index (χ1n) is 17.7. The smallest absolute Gasteiger partial charge is 0.339 e. The molecule has 4 saturated heterocycles. The SMILES string of the molecule is COC(=O)[C@H]1O[C@@H](O[C@@H]2[C@@H](NC(=O)C(Cl)(Cl)Cl)[C@H](OCc3ccc4ccccc4c3)O[C@@H]3COC(C)(C)O[C@@H]23)[C@@H]2OC(C)(C)O[C@H]2[C@@H]1OC(=O)CCC(C)=O. The van der Waals surface area contributed by atoms with Gasteiger partial charge in [-0.3, -0.25) is 9.59 Å². The van der Waals surface area contributed by atoms with E-state index >= 15 is 0 Å². The molecule has 4 aliphatic rings. The predicted molar refractivity (Wildman–Crippen MR) is 194 cm³/mol. The first-order chi connectivity index (χ1) is 25.8. The number of amides is 1. The Bertz CT molecular complexity index is 1750. The monoisotopic (exact) mass is 831 g/mol. The van der Waals surface area contributed by atoms with E-state index in [1.54, 1.807) is 27.7 Å². The maximum atomic E-state index is 13.4. The van der Waals surface area contributed by atoms with Gasteiger partial charge in [-0.2, -0.15) is 0 Å². The van der Waals surface area contributed by atoms with Gasteiger partial charge in [-0.25, -0.2) is 4.79 Å². The number of benzene rings is 2. The second-order valence-corrected chi connectivity index (χ2v) is 16.9. The zero-order chi connectivity index (χ0) is 39.9. The first-order valence-corrected chi connectivity index (χ1v) is 18.8. The van der Waals surface area contributed by atoms with Crippen LogP contribution in [0.25, 0.3) is 10.8 Å². The minimum Gasteiger partial charge on any atom is -0.467 e. The number of carbonyl (C=O) groups excluding carboxylic acids is 4. The maximum Gasteiger partial charge on any atom is 0.339 e. The molecule has 1 amide bonds. The summed E-state index contributed by atoms with van der Waals surface area (Å²) >= 11 is 18.1. The van der Waals surface area contributed by atoms with E-state index in [0.717, 1.165) is 23.4 Å². The number of methoxy groups -OCH3 is 1. The number of hydrogen-bond donors (Lipinski definition) is 1. The summed E-state index contributed by atoms with van der Waals surface area (Å²) < 4.78 is 58.8. The van der Waals surface area contributed by atoms with Gasteiger partial charge in [0.1, 0.15) is 42.3 Å². The Labute approximate surface area is 332 Å². The normalized spacial score (nSPS) is 32.5. The highest BCUT2D eigenvalue weighted by molar-refractivity contribution is 6.76. The number of Topliss-reactive ketones (excluding diaryl/α,β-unsaturated/α-hetero) is 1. The van der Waals surface area contributed by atoms with Gasteiger partial charge in [-0.15, -0.1) is 0 Å². The van der Waals surface area contributed by atoms with Gasteiger partial charge in [-0.1, -0.05) is 71.2 Å². The molecule has 4 heterocycles. The molecule has 0 saturated carbocycles. The van der Waals surface area contributed by atoms with Gasteiger partial charge in [0.25, 0.3) is 9.70 Å². The topological polar surface area (TPSA) is 173 Å². The summed E-state index contributed by atoms with van der Waals surface area (Å²) in [7, 11) is 1.14. The van der Waals surface area contributed by atoms with Crippen LogP contribution in [0.5, 0.6) is 0 Å². The van der Waals surface area contributed by atoms with Crippen LogP contribution in [0.1, 0.15) is 53.0 Å². The van der Waals surface area contributed by atoms with Crippen LogP contribution in [0.2, 0.25) is 0 Å². The zero-order valence-electron chi connectivity index (χ0n) is 31.0. The Hall–Kier alpha value is -2.67. The molecule has 0 spiro atoms. The fourth-order valence-electron chi connectivity index (χ4n) is 6.96. The molecule has 2 aromatic carbocycles. The molecule has 2 aromatic rings. The van der Waals surface area contributed by atoms with Crippen molar-refractivity contribution in [1.82, 2.24) is 5.32 Å². The van der Waals surface area contributed by atoms with Crippen molar-refractivity contribution >= 4 is 69.2 Å². The zero-order valence-corrected chi connectivity index (χ0v) is 33.3. The number of ether oxygens (including phenoxy) is 10. The molecule has 6 rings (SSSR count). The van der Waals surface area contributed by atoms with Crippen LogP contribution in [0, 0.1) is 0 Å². The van der Waals surface area contributed by atoms with Gasteiger partial charge >= 0.3 is 11.9 Å². The fourth-order valence-corrected chi connectivity index (χ4v) is 7.13. The van der Waals surface area contributed by atoms with Gasteiger partial charge in [-0.05, 0) is 57.0 Å². The van der Waals surface area contributed by atoms with E-state index in [2.05, 4.69) is 5.32 Å². The molecule has 302 valence electrons. The highest BCUT2D eigenvalue weighted by Crippen LogP contribution is 2.42. The molecule has 10 atom stereocenters. The number of esters is 2. The van der Waals surface area contributed by atoms with Gasteiger partial charge in [0, 0.05) is 6.42 Å². The lowest BCUT2D eigenvalue weighted by atomic mass is 9.94. The van der Waals surface area contributed by atoms with E-state index in [1.165, 1.54) is 6.92 Å². The van der Waals surface area contributed by atoms with Gasteiger partial charge in [0.15, 0.2) is 36.4 Å². The number of nitrogens with one attached hydrogen (secondary N) is 1. The van der Waals surface area contributed by atoms with E-state index in [-0.39, 0.29) is 31.8 Å². The first kappa shape index (κ1) is 41.9. The predicted octanol–water partition coefficient (Wildman–Crippen LogP) is 4.17. The molecule has 0 aliphatic carbocycles. The van der Waals surface area contributed by atoms with Crippen LogP contribution in [0.4, 0.5) is 0 Å². The summed E-state index contributed by atoms with van der Waals surface area (Å²) in [6.07, 6.45) is -11.2. The molecule has 0 bridgehead atoms. The quantitative estimate of drug-likeness (QED) is 0.253. The number of rotatable bonds is 11. The second-order valence-electron chi connectivity index (χ2n) is 14.6. The maximum absolute atomic E-state index is 13.4. The third-order valence-electron chi connectivity index (χ3n) is 9.45. The van der Waals surface area contributed by atoms with Crippen LogP contribution in [-0.2, 0) is 73.2 Å². The van der Waals surface area contributed by atoms with E-state index < -0.39 is 94.6 Å². The number of alkyl halides is 3. The van der Waals surface area contributed by atoms with Crippen molar-refractivity contribution in [3.05, 3.63) is 48.0 Å². The fraction of sp³-hybridized carbons (Fsp3) is 0.622. The molecule has 55 heavy (non-hydrogen) atoms. The average Bonchev–Trinajstić information content (AvgIpc) is 3.46. The number of halogens is 3. The molecular weight excluding hydrogens is 789 g/mol. The van der Waals surface area contributed by atoms with Crippen molar-refractivity contribution in [2.75, 3.05) is 13.7 Å². The summed E-state index contributed by atoms with van der Waals surface area (Å²) in [5.41, 5.74) is 0.799. The summed E-state index contributed by atoms with van der Waals surface area (Å²) in [6, 6.07) is 12.4. The van der Waals surface area contributed by atoms with Gasteiger partial charge in [0.05, 0.1) is 26.7 Å². The van der Waals surface area contributed by atoms with E-state index in [1.807, 2.05) is 42.5 Å². The molecule has 0 unspecified atom stereocenters. The Kier molecular flexibility index (Phi) is 12.7. The van der Waals surface area contributed by atoms with Crippen molar-refractivity contribution in [1.29, 1.82) is 0 Å². The highest BCUT2D eigenvalue weighted by Gasteiger charge is 2.62. The molecule has 18 heteroatoms. The van der Waals surface area contributed by atoms with Crippen LogP contribution >= 0.6 is 34.8 Å². The van der Waals surface area contributed by atoms with Crippen LogP contribution < -0.4 is 5.32 Å². The van der Waals surface area contributed by atoms with E-state index in [9.17, 15) is 19.2 Å². The molecular formula is C37H44Cl3NO14. The van der Waals surface area contributed by atoms with Crippen molar-refractivity contribution in [2.24, 2.45) is 0 Å². The molecule has 0 radical (unpaired) electrons. The minimum absolute atomic E-state index is 0.0316. The summed E-state index contributed by atoms with van der Waals surface area (Å²) in [6.45, 7) is 8.04. The Morgan fingerprint density at radius 1 is 0.855 bits per heavy atom. The highest BCUT2D eigenvalue weighted by atomic mass is 35.6. The number of fused-ring (bicyclic) bond motifs is 3. The third kappa shape index (κ3) is 9.90. The Morgan fingerprint density at radius 2 is 1.55 bits per heavy atom. The summed E-state index contributed by atoms with van der Waals surface area (Å²) in [5, 5.41) is 4.73. The molecule has 1 N–H and O–H groups in total. The number of ketones is 1. The lowest BCUT2D eigenvalue weighted by Crippen LogP contribution is -2.71. The van der Waals surface area contributed by atoms with Crippen LogP contribution in [-0.4, -0.2) is 114 Å².